The number of hydrogen-bond acceptors (Lipinski definition) is 3. The average Bonchev–Trinajstić information content (AvgIpc) is 4.07. The zero-order valence-corrected chi connectivity index (χ0v) is 38.8. The van der Waals surface area contributed by atoms with Crippen LogP contribution in [0.3, 0.4) is 0 Å². The van der Waals surface area contributed by atoms with Crippen molar-refractivity contribution in [3.63, 3.8) is 0 Å². The van der Waals surface area contributed by atoms with Gasteiger partial charge in [0.05, 0.1) is 11.1 Å². The van der Waals surface area contributed by atoms with Crippen LogP contribution in [-0.2, 0) is 5.41 Å². The highest BCUT2D eigenvalue weighted by Gasteiger charge is 2.50. The van der Waals surface area contributed by atoms with Crippen LogP contribution >= 0.6 is 11.3 Å². The highest BCUT2D eigenvalue weighted by atomic mass is 32.1. The first kappa shape index (κ1) is 39.3. The number of furan rings is 1. The normalized spacial score (nSPS) is 14.3. The molecule has 0 fully saturated rings. The first-order valence-corrected chi connectivity index (χ1v) is 24.9. The molecule has 1 atom stereocenters. The van der Waals surface area contributed by atoms with Crippen LogP contribution in [0.2, 0.25) is 0 Å². The van der Waals surface area contributed by atoms with Gasteiger partial charge in [-0.15, -0.1) is 11.3 Å². The van der Waals surface area contributed by atoms with E-state index in [1.807, 2.05) is 17.4 Å². The number of fused-ring (bicyclic) bond motifs is 18. The molecule has 0 saturated heterocycles. The third-order valence-electron chi connectivity index (χ3n) is 15.1. The van der Waals surface area contributed by atoms with Gasteiger partial charge < -0.3 is 9.32 Å². The molecule has 0 radical (unpaired) electrons. The zero-order valence-electron chi connectivity index (χ0n) is 37.9. The maximum Gasteiger partial charge on any atom is 0.143 e. The minimum absolute atomic E-state index is 0.663. The summed E-state index contributed by atoms with van der Waals surface area (Å²) in [5.41, 5.74) is 21.6. The van der Waals surface area contributed by atoms with Crippen LogP contribution in [0.4, 0.5) is 17.1 Å². The Bertz CT molecular complexity index is 4250. The van der Waals surface area contributed by atoms with Crippen molar-refractivity contribution in [1.29, 1.82) is 0 Å². The SMILES string of the molecule is c1ccc(-c2ccccc2N(c2ccc(-c3cccc4c3oc3ccccc34)cc2)c2ccc3c(c2)C2(c4ccccc4-c4ccccc4-3)c3ccccc3-c3cc4sc5ccccc5c4cc32)cc1. The highest BCUT2D eigenvalue weighted by molar-refractivity contribution is 7.25. The van der Waals surface area contributed by atoms with Crippen LogP contribution < -0.4 is 4.90 Å². The smallest absolute Gasteiger partial charge is 0.143 e. The van der Waals surface area contributed by atoms with Crippen molar-refractivity contribution < 1.29 is 4.42 Å². The molecular weight excluding hydrogens is 867 g/mol. The van der Waals surface area contributed by atoms with Gasteiger partial charge in [0.25, 0.3) is 0 Å². The summed E-state index contributed by atoms with van der Waals surface area (Å²) >= 11 is 1.89. The predicted molar refractivity (Wildman–Crippen MR) is 294 cm³/mol. The molecule has 326 valence electrons. The summed E-state index contributed by atoms with van der Waals surface area (Å²) in [6, 6.07) is 92.2. The Labute approximate surface area is 409 Å². The van der Waals surface area contributed by atoms with E-state index in [1.165, 1.54) is 75.8 Å². The molecule has 0 bridgehead atoms. The van der Waals surface area contributed by atoms with Crippen LogP contribution in [0.15, 0.2) is 253 Å². The van der Waals surface area contributed by atoms with Crippen molar-refractivity contribution in [2.45, 2.75) is 5.41 Å². The number of hydrogen-bond donors (Lipinski definition) is 0. The fraction of sp³-hybridized carbons (Fsp3) is 0.0149. The van der Waals surface area contributed by atoms with Gasteiger partial charge in [-0.25, -0.2) is 0 Å². The lowest BCUT2D eigenvalue weighted by atomic mass is 9.65. The summed E-state index contributed by atoms with van der Waals surface area (Å²) in [6.45, 7) is 0. The maximum atomic E-state index is 6.56. The van der Waals surface area contributed by atoms with Gasteiger partial charge in [-0.1, -0.05) is 194 Å². The fourth-order valence-corrected chi connectivity index (χ4v) is 13.3. The van der Waals surface area contributed by atoms with Gasteiger partial charge in [0, 0.05) is 53.4 Å². The number of benzene rings is 11. The van der Waals surface area contributed by atoms with E-state index < -0.39 is 5.41 Å². The van der Waals surface area contributed by atoms with Gasteiger partial charge in [0.2, 0.25) is 0 Å². The lowest BCUT2D eigenvalue weighted by molar-refractivity contribution is 0.670. The van der Waals surface area contributed by atoms with E-state index in [4.69, 9.17) is 4.42 Å². The minimum atomic E-state index is -0.663. The van der Waals surface area contributed by atoms with Gasteiger partial charge >= 0.3 is 0 Å². The first-order valence-electron chi connectivity index (χ1n) is 24.1. The Kier molecular flexibility index (Phi) is 8.48. The highest BCUT2D eigenvalue weighted by Crippen LogP contribution is 2.63. The fourth-order valence-electron chi connectivity index (χ4n) is 12.2. The topological polar surface area (TPSA) is 16.4 Å². The molecular formula is C67H41NOS. The first-order chi connectivity index (χ1) is 34.7. The van der Waals surface area contributed by atoms with Gasteiger partial charge in [0.1, 0.15) is 11.2 Å². The van der Waals surface area contributed by atoms with Crippen LogP contribution in [0.25, 0.3) is 97.7 Å². The van der Waals surface area contributed by atoms with Crippen LogP contribution in [0.5, 0.6) is 0 Å². The van der Waals surface area contributed by atoms with Crippen molar-refractivity contribution in [3.05, 3.63) is 271 Å². The molecule has 2 aliphatic carbocycles. The molecule has 1 unspecified atom stereocenters. The Balaban J connectivity index is 1.02. The Morgan fingerprint density at radius 3 is 1.66 bits per heavy atom. The van der Waals surface area contributed by atoms with Crippen molar-refractivity contribution in [2.75, 3.05) is 4.90 Å². The largest absolute Gasteiger partial charge is 0.455 e. The number of nitrogens with zero attached hydrogens (tertiary/aromatic N) is 1. The van der Waals surface area contributed by atoms with E-state index >= 15 is 0 Å². The molecule has 70 heavy (non-hydrogen) atoms. The van der Waals surface area contributed by atoms with Crippen molar-refractivity contribution in [2.24, 2.45) is 0 Å². The molecule has 3 heteroatoms. The molecule has 2 nitrogen and oxygen atoms in total. The van der Waals surface area contributed by atoms with Crippen molar-refractivity contribution in [1.82, 2.24) is 0 Å². The van der Waals surface area contributed by atoms with E-state index in [0.717, 1.165) is 61.3 Å². The standard InChI is InChI=1S/C67H41NOS/c1-2-17-42(18-3-1)46-19-8-13-30-62(46)68(44-35-33-43(34-36-44)47-26-16-27-55-53-24-9-14-31-63(53)69-66(47)55)45-37-38-52-49-21-5-4-20-48(49)50-22-6-11-28-58(50)67(60(52)39-45)59-29-12-7-23-51(59)56-41-65-57(40-61(56)67)54-25-10-15-32-64(54)70-65/h1-41H. The van der Waals surface area contributed by atoms with E-state index in [0.29, 0.717) is 0 Å². The monoisotopic (exact) mass is 907 g/mol. The average molecular weight is 908 g/mol. The van der Waals surface area contributed by atoms with Crippen LogP contribution in [0.1, 0.15) is 22.3 Å². The molecule has 0 N–H and O–H groups in total. The van der Waals surface area contributed by atoms with Gasteiger partial charge in [-0.2, -0.15) is 0 Å². The lowest BCUT2D eigenvalue weighted by Crippen LogP contribution is -2.29. The summed E-state index contributed by atoms with van der Waals surface area (Å²) < 4.78 is 9.19. The summed E-state index contributed by atoms with van der Waals surface area (Å²) in [5.74, 6) is 0. The second kappa shape index (κ2) is 15.1. The second-order valence-corrected chi connectivity index (χ2v) is 19.7. The third-order valence-corrected chi connectivity index (χ3v) is 16.3. The number of thiophene rings is 1. The van der Waals surface area contributed by atoms with Gasteiger partial charge in [-0.3, -0.25) is 0 Å². The molecule has 11 aromatic carbocycles. The number of para-hydroxylation sites is 3. The molecule has 1 spiro atoms. The van der Waals surface area contributed by atoms with E-state index in [-0.39, 0.29) is 0 Å². The Morgan fingerprint density at radius 1 is 0.314 bits per heavy atom. The Morgan fingerprint density at radius 2 is 0.871 bits per heavy atom. The van der Waals surface area contributed by atoms with E-state index in [2.05, 4.69) is 248 Å². The Hall–Kier alpha value is -8.76. The van der Waals surface area contributed by atoms with Crippen molar-refractivity contribution in [3.8, 4) is 55.6 Å². The van der Waals surface area contributed by atoms with Gasteiger partial charge in [0.15, 0.2) is 0 Å². The van der Waals surface area contributed by atoms with Crippen LogP contribution in [0, 0.1) is 0 Å². The maximum absolute atomic E-state index is 6.56. The number of rotatable bonds is 5. The molecule has 0 amide bonds. The summed E-state index contributed by atoms with van der Waals surface area (Å²) in [4.78, 5) is 2.47. The second-order valence-electron chi connectivity index (χ2n) is 18.7. The predicted octanol–water partition coefficient (Wildman–Crippen LogP) is 18.8. The number of anilines is 3. The lowest BCUT2D eigenvalue weighted by Gasteiger charge is -2.37. The quantitative estimate of drug-likeness (QED) is 0.171. The van der Waals surface area contributed by atoms with E-state index in [9.17, 15) is 0 Å². The van der Waals surface area contributed by atoms with Crippen LogP contribution in [-0.4, -0.2) is 0 Å². The van der Waals surface area contributed by atoms with Crippen molar-refractivity contribution >= 4 is 70.5 Å². The molecule has 2 aliphatic rings. The summed E-state index contributed by atoms with van der Waals surface area (Å²) in [5, 5.41) is 4.87. The molecule has 13 aromatic rings. The summed E-state index contributed by atoms with van der Waals surface area (Å²) in [6.07, 6.45) is 0. The summed E-state index contributed by atoms with van der Waals surface area (Å²) in [7, 11) is 0. The molecule has 0 saturated carbocycles. The van der Waals surface area contributed by atoms with Gasteiger partial charge in [-0.05, 0) is 121 Å². The molecule has 2 heterocycles. The molecule has 2 aromatic heterocycles. The van der Waals surface area contributed by atoms with E-state index in [1.54, 1.807) is 0 Å². The molecule has 0 aliphatic heterocycles. The molecule has 15 rings (SSSR count). The minimum Gasteiger partial charge on any atom is -0.455 e. The third kappa shape index (κ3) is 5.55. The zero-order chi connectivity index (χ0) is 45.9.